The van der Waals surface area contributed by atoms with Gasteiger partial charge in [0, 0.05) is 12.5 Å². The van der Waals surface area contributed by atoms with Gasteiger partial charge in [-0.15, -0.1) is 0 Å². The lowest BCUT2D eigenvalue weighted by Crippen LogP contribution is -2.41. The van der Waals surface area contributed by atoms with Crippen LogP contribution in [0.25, 0.3) is 0 Å². The minimum absolute atomic E-state index is 0.0106. The van der Waals surface area contributed by atoms with Gasteiger partial charge >= 0.3 is 0 Å². The number of carbonyl (C=O) groups excluding carboxylic acids is 1. The molecule has 3 unspecified atom stereocenters. The Hall–Kier alpha value is -0.830. The van der Waals surface area contributed by atoms with Crippen molar-refractivity contribution < 1.29 is 14.3 Å². The highest BCUT2D eigenvalue weighted by molar-refractivity contribution is 5.91. The third kappa shape index (κ3) is 1.37. The topological polar surface area (TPSA) is 35.5 Å². The molecule has 0 amide bonds. The van der Waals surface area contributed by atoms with Crippen molar-refractivity contribution in [2.45, 2.75) is 44.5 Å². The van der Waals surface area contributed by atoms with Crippen LogP contribution in [0.1, 0.15) is 26.7 Å². The molecule has 3 atom stereocenters. The fourth-order valence-corrected chi connectivity index (χ4v) is 2.17. The minimum Gasteiger partial charge on any atom is -0.491 e. The number of rotatable bonds is 0. The Morgan fingerprint density at radius 3 is 2.85 bits per heavy atom. The Kier molecular flexibility index (Phi) is 1.91. The van der Waals surface area contributed by atoms with E-state index in [2.05, 4.69) is 0 Å². The highest BCUT2D eigenvalue weighted by atomic mass is 16.6. The number of allylic oxidation sites excluding steroid dienone is 1. The predicted octanol–water partition coefficient (Wildman–Crippen LogP) is 1.43. The van der Waals surface area contributed by atoms with Crippen LogP contribution < -0.4 is 0 Å². The zero-order valence-electron chi connectivity index (χ0n) is 7.95. The molecule has 1 fully saturated rings. The summed E-state index contributed by atoms with van der Waals surface area (Å²) in [5, 5.41) is 0. The van der Waals surface area contributed by atoms with Gasteiger partial charge in [0.1, 0.15) is 5.60 Å². The molecule has 13 heavy (non-hydrogen) atoms. The molecular formula is C10H14O3. The average molecular weight is 182 g/mol. The highest BCUT2D eigenvalue weighted by Gasteiger charge is 2.48. The molecule has 0 radical (unpaired) electrons. The van der Waals surface area contributed by atoms with Crippen LogP contribution in [0, 0.1) is 0 Å². The van der Waals surface area contributed by atoms with Crippen LogP contribution in [-0.4, -0.2) is 23.6 Å². The van der Waals surface area contributed by atoms with Gasteiger partial charge in [-0.1, -0.05) is 0 Å². The van der Waals surface area contributed by atoms with E-state index in [0.717, 1.165) is 6.42 Å². The molecule has 1 spiro atoms. The molecule has 2 aliphatic rings. The van der Waals surface area contributed by atoms with Gasteiger partial charge in [-0.25, -0.2) is 0 Å². The Balaban J connectivity index is 2.21. The molecule has 3 heteroatoms. The van der Waals surface area contributed by atoms with E-state index in [9.17, 15) is 4.79 Å². The fraction of sp³-hybridized carbons (Fsp3) is 0.700. The van der Waals surface area contributed by atoms with Crippen molar-refractivity contribution in [3.63, 3.8) is 0 Å². The molecule has 2 heterocycles. The van der Waals surface area contributed by atoms with Gasteiger partial charge in [0.25, 0.3) is 0 Å². The van der Waals surface area contributed by atoms with Gasteiger partial charge in [0.15, 0.2) is 5.78 Å². The van der Waals surface area contributed by atoms with Crippen LogP contribution in [0.3, 0.4) is 0 Å². The van der Waals surface area contributed by atoms with Crippen LogP contribution in [0.15, 0.2) is 12.3 Å². The Labute approximate surface area is 77.7 Å². The standard InChI is InChI=1S/C10H14O3/c1-7-5-10(8(2)13-7)6-9(11)3-4-12-10/h3-4,7-8H,5-6H2,1-2H3. The van der Waals surface area contributed by atoms with Crippen LogP contribution in [-0.2, 0) is 14.3 Å². The number of ketones is 1. The summed E-state index contributed by atoms with van der Waals surface area (Å²) in [7, 11) is 0. The quantitative estimate of drug-likeness (QED) is 0.568. The van der Waals surface area contributed by atoms with Crippen molar-refractivity contribution in [1.82, 2.24) is 0 Å². The first-order valence-electron chi connectivity index (χ1n) is 4.65. The molecule has 0 aliphatic carbocycles. The third-order valence-electron chi connectivity index (χ3n) is 2.84. The molecule has 0 aromatic heterocycles. The van der Waals surface area contributed by atoms with Crippen molar-refractivity contribution in [1.29, 1.82) is 0 Å². The van der Waals surface area contributed by atoms with E-state index in [4.69, 9.17) is 9.47 Å². The van der Waals surface area contributed by atoms with Gasteiger partial charge in [-0.2, -0.15) is 0 Å². The lowest BCUT2D eigenvalue weighted by Gasteiger charge is -2.32. The number of carbonyl (C=O) groups is 1. The van der Waals surface area contributed by atoms with Gasteiger partial charge in [0.05, 0.1) is 24.9 Å². The monoisotopic (exact) mass is 182 g/mol. The smallest absolute Gasteiger partial charge is 0.162 e. The van der Waals surface area contributed by atoms with E-state index in [-0.39, 0.29) is 23.6 Å². The molecule has 3 nitrogen and oxygen atoms in total. The summed E-state index contributed by atoms with van der Waals surface area (Å²) in [5.74, 6) is 0.135. The summed E-state index contributed by atoms with van der Waals surface area (Å²) < 4.78 is 11.1. The summed E-state index contributed by atoms with van der Waals surface area (Å²) in [6.45, 7) is 3.98. The molecule has 0 saturated carbocycles. The lowest BCUT2D eigenvalue weighted by molar-refractivity contribution is -0.125. The Bertz CT molecular complexity index is 259. The average Bonchev–Trinajstić information content (AvgIpc) is 2.26. The lowest BCUT2D eigenvalue weighted by atomic mass is 9.87. The molecule has 2 aliphatic heterocycles. The molecule has 0 N–H and O–H groups in total. The molecule has 0 aromatic rings. The first-order valence-corrected chi connectivity index (χ1v) is 4.65. The molecule has 72 valence electrons. The number of ether oxygens (including phenoxy) is 2. The van der Waals surface area contributed by atoms with E-state index in [0.29, 0.717) is 6.42 Å². The van der Waals surface area contributed by atoms with Crippen molar-refractivity contribution in [2.75, 3.05) is 0 Å². The maximum Gasteiger partial charge on any atom is 0.162 e. The first-order chi connectivity index (χ1) is 6.12. The molecular weight excluding hydrogens is 168 g/mol. The van der Waals surface area contributed by atoms with Crippen LogP contribution in [0.2, 0.25) is 0 Å². The van der Waals surface area contributed by atoms with E-state index < -0.39 is 0 Å². The van der Waals surface area contributed by atoms with Gasteiger partial charge in [-0.3, -0.25) is 4.79 Å². The SMILES string of the molecule is CC1CC2(CC(=O)C=CO2)C(C)O1. The molecule has 2 rings (SSSR count). The maximum absolute atomic E-state index is 11.3. The zero-order chi connectivity index (χ0) is 9.47. The summed E-state index contributed by atoms with van der Waals surface area (Å²) in [5.41, 5.74) is -0.384. The third-order valence-corrected chi connectivity index (χ3v) is 2.84. The number of hydrogen-bond donors (Lipinski definition) is 0. The van der Waals surface area contributed by atoms with E-state index in [1.807, 2.05) is 13.8 Å². The predicted molar refractivity (Wildman–Crippen MR) is 47.2 cm³/mol. The van der Waals surface area contributed by atoms with Crippen molar-refractivity contribution in [2.24, 2.45) is 0 Å². The minimum atomic E-state index is -0.384. The second-order valence-corrected chi connectivity index (χ2v) is 3.92. The zero-order valence-corrected chi connectivity index (χ0v) is 7.95. The Morgan fingerprint density at radius 2 is 2.31 bits per heavy atom. The second-order valence-electron chi connectivity index (χ2n) is 3.92. The first kappa shape index (κ1) is 8.75. The normalized spacial score (nSPS) is 44.0. The molecule has 0 bridgehead atoms. The van der Waals surface area contributed by atoms with E-state index >= 15 is 0 Å². The summed E-state index contributed by atoms with van der Waals surface area (Å²) in [6, 6.07) is 0. The van der Waals surface area contributed by atoms with Crippen molar-refractivity contribution in [3.05, 3.63) is 12.3 Å². The van der Waals surface area contributed by atoms with Crippen molar-refractivity contribution >= 4 is 5.78 Å². The van der Waals surface area contributed by atoms with Crippen molar-refractivity contribution in [3.8, 4) is 0 Å². The van der Waals surface area contributed by atoms with Crippen LogP contribution >= 0.6 is 0 Å². The molecule has 1 saturated heterocycles. The summed E-state index contributed by atoms with van der Waals surface area (Å²) in [6.07, 6.45) is 4.45. The van der Waals surface area contributed by atoms with Gasteiger partial charge in [-0.05, 0) is 13.8 Å². The van der Waals surface area contributed by atoms with Crippen LogP contribution in [0.5, 0.6) is 0 Å². The van der Waals surface area contributed by atoms with Gasteiger partial charge in [0.2, 0.25) is 0 Å². The largest absolute Gasteiger partial charge is 0.491 e. The van der Waals surface area contributed by atoms with Gasteiger partial charge < -0.3 is 9.47 Å². The fourth-order valence-electron chi connectivity index (χ4n) is 2.17. The van der Waals surface area contributed by atoms with E-state index in [1.165, 1.54) is 12.3 Å². The van der Waals surface area contributed by atoms with E-state index in [1.54, 1.807) is 0 Å². The Morgan fingerprint density at radius 1 is 1.54 bits per heavy atom. The van der Waals surface area contributed by atoms with Crippen LogP contribution in [0.4, 0.5) is 0 Å². The highest BCUT2D eigenvalue weighted by Crippen LogP contribution is 2.38. The summed E-state index contributed by atoms with van der Waals surface area (Å²) in [4.78, 5) is 11.3. The number of hydrogen-bond acceptors (Lipinski definition) is 3. The molecule has 0 aromatic carbocycles. The second kappa shape index (κ2) is 2.84. The summed E-state index contributed by atoms with van der Waals surface area (Å²) >= 11 is 0. The maximum atomic E-state index is 11.3.